The second-order valence-corrected chi connectivity index (χ2v) is 13.1. The van der Waals surface area contributed by atoms with Crippen molar-refractivity contribution in [2.75, 3.05) is 24.6 Å². The Labute approximate surface area is 260 Å². The summed E-state index contributed by atoms with van der Waals surface area (Å²) in [6, 6.07) is 5.56. The normalized spacial score (nSPS) is 20.0. The van der Waals surface area contributed by atoms with Crippen molar-refractivity contribution >= 4 is 39.6 Å². The molecule has 46 heavy (non-hydrogen) atoms. The number of alkyl halides is 2. The lowest BCUT2D eigenvalue weighted by molar-refractivity contribution is -0.142. The van der Waals surface area contributed by atoms with Crippen molar-refractivity contribution in [1.29, 1.82) is 0 Å². The van der Waals surface area contributed by atoms with Crippen molar-refractivity contribution in [2.45, 2.75) is 58.4 Å². The van der Waals surface area contributed by atoms with Gasteiger partial charge in [0.2, 0.25) is 0 Å². The van der Waals surface area contributed by atoms with Crippen LogP contribution in [0.5, 0.6) is 5.75 Å². The Bertz CT molecular complexity index is 1980. The zero-order chi connectivity index (χ0) is 33.2. The topological polar surface area (TPSA) is 127 Å². The fourth-order valence-corrected chi connectivity index (χ4v) is 6.11. The number of amides is 1. The van der Waals surface area contributed by atoms with Crippen LogP contribution in [0.1, 0.15) is 46.1 Å². The number of aromatic amines is 1. The first-order valence-corrected chi connectivity index (χ1v) is 14.7. The molecule has 3 aliphatic heterocycles. The molecule has 2 N–H and O–H groups in total. The lowest BCUT2D eigenvalue weighted by Gasteiger charge is -2.44. The van der Waals surface area contributed by atoms with E-state index in [2.05, 4.69) is 20.3 Å². The molecule has 0 saturated carbocycles. The number of H-pyrrole nitrogens is 1. The summed E-state index contributed by atoms with van der Waals surface area (Å²) in [7, 11) is 0. The number of hydrogen-bond acceptors (Lipinski definition) is 8. The molecule has 14 heteroatoms. The van der Waals surface area contributed by atoms with Crippen LogP contribution >= 0.6 is 0 Å². The number of ether oxygens (including phenoxy) is 2. The van der Waals surface area contributed by atoms with Crippen LogP contribution in [0.25, 0.3) is 32.9 Å². The predicted molar refractivity (Wildman–Crippen MR) is 161 cm³/mol. The van der Waals surface area contributed by atoms with E-state index in [1.165, 1.54) is 37.4 Å². The molecule has 242 valence electrons. The van der Waals surface area contributed by atoms with Crippen LogP contribution in [0, 0.1) is 17.0 Å². The molecule has 10 nitrogen and oxygen atoms in total. The predicted octanol–water partition coefficient (Wildman–Crippen LogP) is 5.64. The van der Waals surface area contributed by atoms with Crippen LogP contribution < -0.4 is 20.6 Å². The Morgan fingerprint density at radius 1 is 1.13 bits per heavy atom. The number of pyridine rings is 1. The van der Waals surface area contributed by atoms with Gasteiger partial charge in [-0.25, -0.2) is 27.2 Å². The zero-order valence-electron chi connectivity index (χ0n) is 25.5. The van der Waals surface area contributed by atoms with Crippen LogP contribution in [0.15, 0.2) is 35.3 Å². The molecule has 0 spiro atoms. The Kier molecular flexibility index (Phi) is 7.44. The lowest BCUT2D eigenvalue weighted by Crippen LogP contribution is -2.63. The van der Waals surface area contributed by atoms with E-state index in [1.54, 1.807) is 20.8 Å². The number of benzene rings is 2. The number of aryl methyl sites for hydroxylation is 1. The third-order valence-corrected chi connectivity index (χ3v) is 8.04. The van der Waals surface area contributed by atoms with Gasteiger partial charge in [-0.3, -0.25) is 9.78 Å². The summed E-state index contributed by atoms with van der Waals surface area (Å²) in [6.45, 7) is 5.16. The number of carbonyl (C=O) groups excluding carboxylic acids is 2. The van der Waals surface area contributed by atoms with E-state index < -0.39 is 59.2 Å². The Hall–Kier alpha value is -4.75. The van der Waals surface area contributed by atoms with Crippen LogP contribution in [0.2, 0.25) is 0 Å². The SMILES string of the molecule is CC(C)(C)C(=O)Oc1cc2c3c(c(F)ccc3c1)CCCOC(=O)N[C@@]1(C)CN(CC(F)(F)C1)c1nc(=O)[nH]c3c(F)c-2ncc13. The van der Waals surface area contributed by atoms with E-state index >= 15 is 17.6 Å². The lowest BCUT2D eigenvalue weighted by atomic mass is 9.88. The van der Waals surface area contributed by atoms with Crippen molar-refractivity contribution < 1.29 is 36.6 Å². The van der Waals surface area contributed by atoms with Gasteiger partial charge >= 0.3 is 17.8 Å². The van der Waals surface area contributed by atoms with Gasteiger partial charge in [-0.1, -0.05) is 6.07 Å². The van der Waals surface area contributed by atoms with Crippen molar-refractivity contribution in [1.82, 2.24) is 20.3 Å². The highest BCUT2D eigenvalue weighted by atomic mass is 19.3. The number of anilines is 1. The molecule has 2 aromatic heterocycles. The summed E-state index contributed by atoms with van der Waals surface area (Å²) in [4.78, 5) is 50.0. The molecule has 4 aromatic rings. The number of aromatic nitrogens is 3. The molecule has 1 amide bonds. The van der Waals surface area contributed by atoms with Gasteiger partial charge in [-0.05, 0) is 75.1 Å². The Morgan fingerprint density at radius 2 is 1.89 bits per heavy atom. The second-order valence-electron chi connectivity index (χ2n) is 13.1. The third-order valence-electron chi connectivity index (χ3n) is 8.04. The van der Waals surface area contributed by atoms with Gasteiger partial charge in [0, 0.05) is 24.7 Å². The number of fused-ring (bicyclic) bond motifs is 6. The van der Waals surface area contributed by atoms with E-state index in [4.69, 9.17) is 9.47 Å². The smallest absolute Gasteiger partial charge is 0.407 e. The van der Waals surface area contributed by atoms with Crippen molar-refractivity contribution in [3.8, 4) is 17.0 Å². The molecule has 6 bridgehead atoms. The molecule has 0 aliphatic carbocycles. The molecule has 5 heterocycles. The average molecular weight is 642 g/mol. The number of alkyl carbamates (subject to hydrolysis) is 1. The minimum atomic E-state index is -3.33. The third kappa shape index (κ3) is 5.83. The molecule has 1 atom stereocenters. The largest absolute Gasteiger partial charge is 0.450 e. The maximum atomic E-state index is 16.6. The van der Waals surface area contributed by atoms with Gasteiger partial charge in [-0.15, -0.1) is 0 Å². The van der Waals surface area contributed by atoms with E-state index in [-0.39, 0.29) is 70.7 Å². The van der Waals surface area contributed by atoms with Gasteiger partial charge in [0.1, 0.15) is 23.1 Å². The van der Waals surface area contributed by atoms with E-state index in [9.17, 15) is 14.4 Å². The summed E-state index contributed by atoms with van der Waals surface area (Å²) in [5.74, 6) is -5.76. The molecule has 7 rings (SSSR count). The first kappa shape index (κ1) is 31.2. The molecule has 3 aliphatic rings. The van der Waals surface area contributed by atoms with E-state index in [1.807, 2.05) is 0 Å². The first-order valence-electron chi connectivity index (χ1n) is 14.7. The first-order chi connectivity index (χ1) is 21.5. The summed E-state index contributed by atoms with van der Waals surface area (Å²) in [5.41, 5.74) is -3.87. The molecular formula is C32H31F4N5O5. The van der Waals surface area contributed by atoms with Gasteiger partial charge in [-0.2, -0.15) is 4.98 Å². The molecule has 1 fully saturated rings. The number of carbonyl (C=O) groups is 2. The summed E-state index contributed by atoms with van der Waals surface area (Å²) in [5, 5.41) is 3.10. The monoisotopic (exact) mass is 641 g/mol. The number of halogens is 4. The Balaban J connectivity index is 1.63. The minimum Gasteiger partial charge on any atom is -0.450 e. The maximum Gasteiger partial charge on any atom is 0.407 e. The summed E-state index contributed by atoms with van der Waals surface area (Å²) in [6.07, 6.45) is -0.319. The number of piperidine rings is 1. The van der Waals surface area contributed by atoms with E-state index in [0.717, 1.165) is 4.90 Å². The number of nitrogens with zero attached hydrogens (tertiary/aromatic N) is 3. The quantitative estimate of drug-likeness (QED) is 0.155. The molecular weight excluding hydrogens is 610 g/mol. The molecule has 2 aromatic carbocycles. The number of hydrogen-bond donors (Lipinski definition) is 2. The molecule has 0 radical (unpaired) electrons. The van der Waals surface area contributed by atoms with E-state index in [0.29, 0.717) is 5.39 Å². The highest BCUT2D eigenvalue weighted by Crippen LogP contribution is 2.41. The minimum absolute atomic E-state index is 0.0355. The van der Waals surface area contributed by atoms with Gasteiger partial charge < -0.3 is 24.7 Å². The van der Waals surface area contributed by atoms with Crippen molar-refractivity contribution in [3.63, 3.8) is 0 Å². The van der Waals surface area contributed by atoms with Crippen molar-refractivity contribution in [3.05, 3.63) is 58.1 Å². The number of rotatable bonds is 1. The Morgan fingerprint density at radius 3 is 2.63 bits per heavy atom. The molecule has 0 unspecified atom stereocenters. The highest BCUT2D eigenvalue weighted by molar-refractivity contribution is 6.02. The fourth-order valence-electron chi connectivity index (χ4n) is 6.11. The van der Waals surface area contributed by atoms with Crippen LogP contribution in [0.3, 0.4) is 0 Å². The van der Waals surface area contributed by atoms with Crippen LogP contribution in [0.4, 0.5) is 28.2 Å². The van der Waals surface area contributed by atoms with Gasteiger partial charge in [0.05, 0.1) is 35.0 Å². The number of esters is 1. The fraction of sp³-hybridized carbons (Fsp3) is 0.406. The van der Waals surface area contributed by atoms with Crippen molar-refractivity contribution in [2.24, 2.45) is 5.41 Å². The maximum absolute atomic E-state index is 16.6. The summed E-state index contributed by atoms with van der Waals surface area (Å²) >= 11 is 0. The van der Waals surface area contributed by atoms with Crippen LogP contribution in [-0.2, 0) is 16.0 Å². The van der Waals surface area contributed by atoms with Gasteiger partial charge in [0.15, 0.2) is 5.82 Å². The highest BCUT2D eigenvalue weighted by Gasteiger charge is 2.48. The number of nitrogens with one attached hydrogen (secondary N) is 2. The van der Waals surface area contributed by atoms with Crippen LogP contribution in [-0.4, -0.2) is 58.2 Å². The second kappa shape index (κ2) is 11.0. The average Bonchev–Trinajstić information content (AvgIpc) is 2.94. The van der Waals surface area contributed by atoms with Gasteiger partial charge in [0.25, 0.3) is 5.92 Å². The molecule has 1 saturated heterocycles. The summed E-state index contributed by atoms with van der Waals surface area (Å²) < 4.78 is 73.2. The standard InChI is InChI=1S/C32H31F4N5O5/c1-30(2,3)27(42)46-17-10-16-7-8-21(33)18-6-5-9-45-29(44)40-31(4)13-32(35,36)15-41(14-31)26-20-12-37-24(19(11-17)22(16)18)23(34)25(20)38-28(43)39-26/h7-8,10-12H,5-6,9,13-15H2,1-4H3,(H,40,44)(H,38,39,43)/t31-/m1/s1. The zero-order valence-corrected chi connectivity index (χ0v) is 25.5.